The summed E-state index contributed by atoms with van der Waals surface area (Å²) in [6.45, 7) is 14.7. The molecule has 36 heavy (non-hydrogen) atoms. The second-order valence-corrected chi connectivity index (χ2v) is 15.1. The van der Waals surface area contributed by atoms with Crippen LogP contribution in [0.1, 0.15) is 119 Å². The quantitative estimate of drug-likeness (QED) is 0.376. The average molecular weight is 501 g/mol. The molecule has 4 heteroatoms. The largest absolute Gasteiger partial charge is 0.462 e. The second kappa shape index (κ2) is 8.70. The molecule has 2 heterocycles. The molecule has 0 amide bonds. The van der Waals surface area contributed by atoms with Crippen molar-refractivity contribution >= 4 is 5.97 Å². The molecule has 6 aliphatic rings. The van der Waals surface area contributed by atoms with Crippen molar-refractivity contribution in [3.05, 3.63) is 0 Å². The van der Waals surface area contributed by atoms with E-state index in [1.165, 1.54) is 51.4 Å². The first-order valence-corrected chi connectivity index (χ1v) is 15.6. The maximum absolute atomic E-state index is 12.8. The Morgan fingerprint density at radius 1 is 0.972 bits per heavy atom. The zero-order valence-corrected chi connectivity index (χ0v) is 23.9. The van der Waals surface area contributed by atoms with Crippen LogP contribution in [0.5, 0.6) is 0 Å². The number of esters is 1. The van der Waals surface area contributed by atoms with Gasteiger partial charge in [-0.15, -0.1) is 0 Å². The monoisotopic (exact) mass is 500 g/mol. The van der Waals surface area contributed by atoms with Crippen LogP contribution in [0, 0.1) is 51.8 Å². The predicted molar refractivity (Wildman–Crippen MR) is 141 cm³/mol. The molecule has 4 nitrogen and oxygen atoms in total. The Balaban J connectivity index is 1.16. The fourth-order valence-electron chi connectivity index (χ4n) is 10.7. The van der Waals surface area contributed by atoms with Crippen molar-refractivity contribution in [2.45, 2.75) is 137 Å². The lowest BCUT2D eigenvalue weighted by atomic mass is 9.44. The molecule has 6 rings (SSSR count). The van der Waals surface area contributed by atoms with E-state index in [2.05, 4.69) is 27.7 Å². The molecule has 0 N–H and O–H groups in total. The Kier molecular flexibility index (Phi) is 6.20. The fraction of sp³-hybridized carbons (Fsp3) is 0.969. The molecule has 4 saturated carbocycles. The fourth-order valence-corrected chi connectivity index (χ4v) is 10.7. The number of hydrogen-bond donors (Lipinski definition) is 0. The van der Waals surface area contributed by atoms with Gasteiger partial charge in [-0.1, -0.05) is 27.7 Å². The van der Waals surface area contributed by atoms with Crippen molar-refractivity contribution in [2.75, 3.05) is 6.61 Å². The molecule has 2 saturated heterocycles. The van der Waals surface area contributed by atoms with E-state index >= 15 is 0 Å². The first-order chi connectivity index (χ1) is 17.0. The summed E-state index contributed by atoms with van der Waals surface area (Å²) in [5, 5.41) is 0. The Hall–Kier alpha value is -0.610. The highest BCUT2D eigenvalue weighted by Crippen LogP contribution is 2.71. The number of carbonyl (C=O) groups is 1. The summed E-state index contributed by atoms with van der Waals surface area (Å²) in [4.78, 5) is 12.8. The Labute approximate surface area is 220 Å². The number of hydrogen-bond acceptors (Lipinski definition) is 4. The van der Waals surface area contributed by atoms with Crippen LogP contribution < -0.4 is 0 Å². The molecule has 2 aliphatic heterocycles. The van der Waals surface area contributed by atoms with Crippen LogP contribution in [-0.2, 0) is 19.0 Å². The summed E-state index contributed by atoms with van der Waals surface area (Å²) in [5.74, 6) is 4.06. The third-order valence-corrected chi connectivity index (χ3v) is 13.3. The number of carbonyl (C=O) groups excluding carboxylic acids is 1. The molecule has 0 aromatic rings. The molecule has 6 fully saturated rings. The van der Waals surface area contributed by atoms with Crippen LogP contribution in [0.15, 0.2) is 0 Å². The van der Waals surface area contributed by atoms with Crippen molar-refractivity contribution in [2.24, 2.45) is 51.8 Å². The van der Waals surface area contributed by atoms with Crippen molar-refractivity contribution in [1.82, 2.24) is 0 Å². The van der Waals surface area contributed by atoms with Gasteiger partial charge in [0.2, 0.25) is 0 Å². The number of ether oxygens (including phenoxy) is 3. The van der Waals surface area contributed by atoms with Gasteiger partial charge in [-0.25, -0.2) is 0 Å². The van der Waals surface area contributed by atoms with E-state index in [0.717, 1.165) is 50.0 Å². The summed E-state index contributed by atoms with van der Waals surface area (Å²) in [6, 6.07) is 0. The van der Waals surface area contributed by atoms with Crippen LogP contribution in [0.4, 0.5) is 0 Å². The zero-order valence-electron chi connectivity index (χ0n) is 23.9. The van der Waals surface area contributed by atoms with Gasteiger partial charge in [0.25, 0.3) is 0 Å². The second-order valence-electron chi connectivity index (χ2n) is 15.1. The van der Waals surface area contributed by atoms with Gasteiger partial charge >= 0.3 is 5.97 Å². The van der Waals surface area contributed by atoms with Crippen LogP contribution in [-0.4, -0.2) is 30.6 Å². The highest BCUT2D eigenvalue weighted by Gasteiger charge is 2.69. The molecule has 0 aromatic carbocycles. The van der Waals surface area contributed by atoms with Gasteiger partial charge in [0.05, 0.1) is 18.1 Å². The summed E-state index contributed by atoms with van der Waals surface area (Å²) < 4.78 is 19.4. The van der Waals surface area contributed by atoms with Gasteiger partial charge in [0.15, 0.2) is 5.79 Å². The number of rotatable bonds is 3. The van der Waals surface area contributed by atoms with E-state index in [0.29, 0.717) is 34.7 Å². The lowest BCUT2D eigenvalue weighted by Gasteiger charge is -2.61. The van der Waals surface area contributed by atoms with Gasteiger partial charge in [-0.2, -0.15) is 0 Å². The minimum Gasteiger partial charge on any atom is -0.462 e. The molecule has 204 valence electrons. The molecule has 0 bridgehead atoms. The van der Waals surface area contributed by atoms with E-state index in [1.54, 1.807) is 0 Å². The maximum Gasteiger partial charge on any atom is 0.311 e. The van der Waals surface area contributed by atoms with Crippen molar-refractivity contribution in [3.63, 3.8) is 0 Å². The maximum atomic E-state index is 12.8. The topological polar surface area (TPSA) is 44.8 Å². The predicted octanol–water partition coefficient (Wildman–Crippen LogP) is 7.53. The molecule has 0 aromatic heterocycles. The molecule has 1 spiro atoms. The summed E-state index contributed by atoms with van der Waals surface area (Å²) in [7, 11) is 0. The summed E-state index contributed by atoms with van der Waals surface area (Å²) in [5.41, 5.74) is 0.440. The molecule has 11 atom stereocenters. The lowest BCUT2D eigenvalue weighted by molar-refractivity contribution is -0.265. The minimum absolute atomic E-state index is 0.00653. The van der Waals surface area contributed by atoms with Gasteiger partial charge < -0.3 is 14.2 Å². The Bertz CT molecular complexity index is 860. The van der Waals surface area contributed by atoms with E-state index in [-0.39, 0.29) is 23.3 Å². The molecule has 0 radical (unpaired) electrons. The van der Waals surface area contributed by atoms with Crippen molar-refractivity contribution in [1.29, 1.82) is 0 Å². The van der Waals surface area contributed by atoms with E-state index in [9.17, 15) is 4.79 Å². The first kappa shape index (κ1) is 25.7. The minimum atomic E-state index is -0.368. The first-order valence-electron chi connectivity index (χ1n) is 15.6. The van der Waals surface area contributed by atoms with Crippen LogP contribution >= 0.6 is 0 Å². The van der Waals surface area contributed by atoms with Crippen LogP contribution in [0.2, 0.25) is 0 Å². The third kappa shape index (κ3) is 3.62. The lowest BCUT2D eigenvalue weighted by Crippen LogP contribution is -2.55. The average Bonchev–Trinajstić information content (AvgIpc) is 3.29. The molecular formula is C32H52O4. The summed E-state index contributed by atoms with van der Waals surface area (Å²) in [6.07, 6.45) is 14.9. The third-order valence-electron chi connectivity index (χ3n) is 13.3. The Morgan fingerprint density at radius 2 is 1.75 bits per heavy atom. The van der Waals surface area contributed by atoms with Crippen molar-refractivity contribution in [3.8, 4) is 0 Å². The number of fused-ring (bicyclic) bond motifs is 7. The van der Waals surface area contributed by atoms with Gasteiger partial charge in [0.1, 0.15) is 6.10 Å². The smallest absolute Gasteiger partial charge is 0.311 e. The van der Waals surface area contributed by atoms with Crippen molar-refractivity contribution < 1.29 is 19.0 Å². The van der Waals surface area contributed by atoms with Crippen LogP contribution in [0.3, 0.4) is 0 Å². The van der Waals surface area contributed by atoms with Gasteiger partial charge in [0, 0.05) is 12.3 Å². The van der Waals surface area contributed by atoms with E-state index < -0.39 is 0 Å². The summed E-state index contributed by atoms with van der Waals surface area (Å²) >= 11 is 0. The SMILES string of the molecule is CCC(C)(C)C(=O)O[C@H]1CCC2(C)C(CCC3C2CCC2(C)C3CC3O[C@]4(CCCCO4)[C@@H](C)C32)C1. The molecule has 4 aliphatic carbocycles. The van der Waals surface area contributed by atoms with E-state index in [4.69, 9.17) is 14.2 Å². The van der Waals surface area contributed by atoms with E-state index in [1.807, 2.05) is 13.8 Å². The highest BCUT2D eigenvalue weighted by atomic mass is 16.7. The standard InChI is InChI=1S/C32H52O4/c1-7-29(3,4)28(33)35-22-12-15-30(5)21(18-22)10-11-23-24(30)13-16-31(6)25(23)19-26-27(31)20(2)32(36-26)14-8-9-17-34-32/h20-27H,7-19H2,1-6H3/t20-,21?,22-,23?,24?,25?,26?,27?,30?,31?,32+/m0/s1. The van der Waals surface area contributed by atoms with Gasteiger partial charge in [-0.05, 0) is 125 Å². The molecule has 8 unspecified atom stereocenters. The molecular weight excluding hydrogens is 448 g/mol. The zero-order chi connectivity index (χ0) is 25.5. The Morgan fingerprint density at radius 3 is 2.47 bits per heavy atom. The van der Waals surface area contributed by atoms with Gasteiger partial charge in [-0.3, -0.25) is 4.79 Å². The highest BCUT2D eigenvalue weighted by molar-refractivity contribution is 5.76. The van der Waals surface area contributed by atoms with Crippen LogP contribution in [0.25, 0.3) is 0 Å². The normalized spacial score (nSPS) is 52.3.